The average molecular weight is 395 g/mol. The van der Waals surface area contributed by atoms with Gasteiger partial charge in [-0.25, -0.2) is 4.98 Å². The van der Waals surface area contributed by atoms with Crippen LogP contribution in [0.25, 0.3) is 0 Å². The van der Waals surface area contributed by atoms with E-state index in [0.29, 0.717) is 42.9 Å². The molecule has 4 atom stereocenters. The summed E-state index contributed by atoms with van der Waals surface area (Å²) in [6.45, 7) is 1.79. The summed E-state index contributed by atoms with van der Waals surface area (Å²) >= 11 is 0. The number of hydrogen-bond donors (Lipinski definition) is 2. The minimum Gasteiger partial charge on any atom is -0.384 e. The normalized spacial score (nSPS) is 23.2. The predicted molar refractivity (Wildman–Crippen MR) is 107 cm³/mol. The summed E-state index contributed by atoms with van der Waals surface area (Å²) < 4.78 is 10.8. The molecule has 29 heavy (non-hydrogen) atoms. The fraction of sp³-hybridized carbons (Fsp3) is 0.409. The second-order valence-electron chi connectivity index (χ2n) is 7.53. The van der Waals surface area contributed by atoms with Crippen LogP contribution in [0, 0.1) is 11.8 Å². The molecule has 1 aromatic heterocycles. The molecule has 1 aliphatic heterocycles. The zero-order valence-electron chi connectivity index (χ0n) is 16.6. The predicted octanol–water partition coefficient (Wildman–Crippen LogP) is 1.59. The Bertz CT molecular complexity index is 892. The lowest BCUT2D eigenvalue weighted by molar-refractivity contribution is 0.0928. The zero-order chi connectivity index (χ0) is 20.4. The fourth-order valence-corrected chi connectivity index (χ4v) is 4.00. The van der Waals surface area contributed by atoms with E-state index in [1.165, 1.54) is 0 Å². The smallest absolute Gasteiger partial charge is 0.269 e. The topological polar surface area (TPSA) is 89.6 Å². The highest BCUT2D eigenvalue weighted by Gasteiger charge is 2.54. The van der Waals surface area contributed by atoms with E-state index in [0.717, 1.165) is 5.56 Å². The molecule has 2 aliphatic rings. The number of pyridine rings is 1. The molecule has 0 radical (unpaired) electrons. The molecule has 1 aliphatic carbocycles. The lowest BCUT2D eigenvalue weighted by atomic mass is 9.94. The maximum Gasteiger partial charge on any atom is 0.269 e. The standard InChI is InChI=1S/C22H25N3O4/c1-23-22(27)19-9-14(21(26)25-20-16-11-29-12-17(16)20)8-18(24-19)15(10-28-2)13-6-4-3-5-7-13/h3-9,15-17,20H,10-12H2,1-2H3,(H,23,27)(H,25,26)/t15-,16-,17+,20?/m1/s1. The molecule has 152 valence electrons. The Kier molecular flexibility index (Phi) is 5.60. The van der Waals surface area contributed by atoms with Gasteiger partial charge in [0.25, 0.3) is 11.8 Å². The van der Waals surface area contributed by atoms with Crippen LogP contribution in [0.1, 0.15) is 38.0 Å². The first kappa shape index (κ1) is 19.5. The number of fused-ring (bicyclic) bond motifs is 1. The number of ether oxygens (including phenoxy) is 2. The van der Waals surface area contributed by atoms with Gasteiger partial charge < -0.3 is 20.1 Å². The molecule has 1 saturated heterocycles. The number of aromatic nitrogens is 1. The minimum absolute atomic E-state index is 0.153. The summed E-state index contributed by atoms with van der Waals surface area (Å²) in [5.74, 6) is 0.101. The van der Waals surface area contributed by atoms with Crippen molar-refractivity contribution in [2.24, 2.45) is 11.8 Å². The van der Waals surface area contributed by atoms with Gasteiger partial charge in [0, 0.05) is 43.5 Å². The third-order valence-electron chi connectivity index (χ3n) is 5.71. The lowest BCUT2D eigenvalue weighted by Gasteiger charge is -2.18. The van der Waals surface area contributed by atoms with E-state index < -0.39 is 0 Å². The van der Waals surface area contributed by atoms with Crippen molar-refractivity contribution >= 4 is 11.8 Å². The van der Waals surface area contributed by atoms with E-state index in [1.807, 2.05) is 30.3 Å². The summed E-state index contributed by atoms with van der Waals surface area (Å²) in [7, 11) is 3.17. The summed E-state index contributed by atoms with van der Waals surface area (Å²) in [6, 6.07) is 13.3. The van der Waals surface area contributed by atoms with Crippen LogP contribution in [0.4, 0.5) is 0 Å². The molecule has 7 nitrogen and oxygen atoms in total. The van der Waals surface area contributed by atoms with Crippen LogP contribution in [-0.4, -0.2) is 56.8 Å². The summed E-state index contributed by atoms with van der Waals surface area (Å²) in [5.41, 5.74) is 2.28. The van der Waals surface area contributed by atoms with E-state index in [-0.39, 0.29) is 29.5 Å². The average Bonchev–Trinajstić information content (AvgIpc) is 3.17. The van der Waals surface area contributed by atoms with Crippen molar-refractivity contribution in [3.05, 3.63) is 65.0 Å². The number of rotatable bonds is 7. The van der Waals surface area contributed by atoms with Crippen molar-refractivity contribution in [2.75, 3.05) is 34.0 Å². The van der Waals surface area contributed by atoms with Gasteiger partial charge in [-0.1, -0.05) is 30.3 Å². The Labute approximate surface area is 169 Å². The zero-order valence-corrected chi connectivity index (χ0v) is 16.6. The molecule has 7 heteroatoms. The number of methoxy groups -OCH3 is 1. The van der Waals surface area contributed by atoms with Crippen molar-refractivity contribution in [3.8, 4) is 0 Å². The molecule has 0 spiro atoms. The van der Waals surface area contributed by atoms with E-state index >= 15 is 0 Å². The third-order valence-corrected chi connectivity index (χ3v) is 5.71. The van der Waals surface area contributed by atoms with Gasteiger partial charge in [0.15, 0.2) is 0 Å². The summed E-state index contributed by atoms with van der Waals surface area (Å²) in [4.78, 5) is 29.8. The second-order valence-corrected chi connectivity index (χ2v) is 7.53. The Morgan fingerprint density at radius 1 is 1.17 bits per heavy atom. The van der Waals surface area contributed by atoms with E-state index in [4.69, 9.17) is 9.47 Å². The van der Waals surface area contributed by atoms with Gasteiger partial charge in [0.2, 0.25) is 0 Å². The minimum atomic E-state index is -0.332. The van der Waals surface area contributed by atoms with E-state index in [9.17, 15) is 9.59 Å². The second kappa shape index (κ2) is 8.31. The first-order valence-electron chi connectivity index (χ1n) is 9.79. The van der Waals surface area contributed by atoms with E-state index in [1.54, 1.807) is 26.3 Å². The molecule has 4 rings (SSSR count). The maximum atomic E-state index is 12.9. The molecule has 2 fully saturated rings. The number of nitrogens with zero attached hydrogens (tertiary/aromatic N) is 1. The monoisotopic (exact) mass is 395 g/mol. The summed E-state index contributed by atoms with van der Waals surface area (Å²) in [6.07, 6.45) is 0. The van der Waals surface area contributed by atoms with Gasteiger partial charge in [-0.2, -0.15) is 0 Å². The van der Waals surface area contributed by atoms with Crippen LogP contribution in [0.3, 0.4) is 0 Å². The number of hydrogen-bond acceptors (Lipinski definition) is 5. The first-order valence-corrected chi connectivity index (χ1v) is 9.79. The van der Waals surface area contributed by atoms with Crippen LogP contribution < -0.4 is 10.6 Å². The molecule has 1 unspecified atom stereocenters. The van der Waals surface area contributed by atoms with Crippen LogP contribution >= 0.6 is 0 Å². The highest BCUT2D eigenvalue weighted by molar-refractivity contribution is 5.99. The number of nitrogens with one attached hydrogen (secondary N) is 2. The highest BCUT2D eigenvalue weighted by atomic mass is 16.5. The van der Waals surface area contributed by atoms with Gasteiger partial charge in [-0.3, -0.25) is 9.59 Å². The largest absolute Gasteiger partial charge is 0.384 e. The number of carbonyl (C=O) groups excluding carboxylic acids is 2. The van der Waals surface area contributed by atoms with Gasteiger partial charge in [0.05, 0.1) is 25.5 Å². The maximum absolute atomic E-state index is 12.9. The quantitative estimate of drug-likeness (QED) is 0.743. The van der Waals surface area contributed by atoms with Crippen LogP contribution in [0.15, 0.2) is 42.5 Å². The molecule has 0 bridgehead atoms. The SMILES string of the molecule is CNC(=O)c1cc(C(=O)NC2[C@H]3COC[C@@H]23)cc([C@H](COC)c2ccccc2)n1. The van der Waals surface area contributed by atoms with Gasteiger partial charge in [-0.15, -0.1) is 0 Å². The Morgan fingerprint density at radius 2 is 1.90 bits per heavy atom. The Hall–Kier alpha value is -2.77. The molecule has 2 N–H and O–H groups in total. The molecule has 2 heterocycles. The molecule has 1 aromatic carbocycles. The molecule has 2 aromatic rings. The van der Waals surface area contributed by atoms with Crippen molar-refractivity contribution in [2.45, 2.75) is 12.0 Å². The number of carbonyl (C=O) groups is 2. The first-order chi connectivity index (χ1) is 14.1. The molecular weight excluding hydrogens is 370 g/mol. The van der Waals surface area contributed by atoms with Crippen molar-refractivity contribution in [3.63, 3.8) is 0 Å². The van der Waals surface area contributed by atoms with E-state index in [2.05, 4.69) is 15.6 Å². The van der Waals surface area contributed by atoms with Crippen molar-refractivity contribution in [1.29, 1.82) is 0 Å². The third kappa shape index (κ3) is 4.02. The summed E-state index contributed by atoms with van der Waals surface area (Å²) in [5, 5.41) is 5.67. The van der Waals surface area contributed by atoms with Gasteiger partial charge in [0.1, 0.15) is 5.69 Å². The lowest BCUT2D eigenvalue weighted by Crippen LogP contribution is -2.31. The molecular formula is C22H25N3O4. The Balaban J connectivity index is 1.66. The fourth-order valence-electron chi connectivity index (χ4n) is 4.00. The van der Waals surface area contributed by atoms with Crippen LogP contribution in [0.2, 0.25) is 0 Å². The van der Waals surface area contributed by atoms with Gasteiger partial charge in [-0.05, 0) is 17.7 Å². The number of benzene rings is 1. The van der Waals surface area contributed by atoms with Gasteiger partial charge >= 0.3 is 0 Å². The molecule has 2 amide bonds. The highest BCUT2D eigenvalue weighted by Crippen LogP contribution is 2.44. The number of amides is 2. The molecule has 1 saturated carbocycles. The van der Waals surface area contributed by atoms with Crippen molar-refractivity contribution < 1.29 is 19.1 Å². The van der Waals surface area contributed by atoms with Crippen LogP contribution in [0.5, 0.6) is 0 Å². The van der Waals surface area contributed by atoms with Crippen LogP contribution in [-0.2, 0) is 9.47 Å². The Morgan fingerprint density at radius 3 is 2.55 bits per heavy atom. The van der Waals surface area contributed by atoms with Crippen molar-refractivity contribution in [1.82, 2.24) is 15.6 Å².